The fraction of sp³-hybridized carbons (Fsp3) is 0.455. The van der Waals surface area contributed by atoms with E-state index in [-0.39, 0.29) is 5.69 Å². The molecule has 7 nitrogen and oxygen atoms in total. The van der Waals surface area contributed by atoms with Gasteiger partial charge in [-0.05, 0) is 6.07 Å². The van der Waals surface area contributed by atoms with Crippen molar-refractivity contribution in [2.24, 2.45) is 0 Å². The van der Waals surface area contributed by atoms with E-state index in [2.05, 4.69) is 11.1 Å². The molecule has 0 N–H and O–H groups in total. The van der Waals surface area contributed by atoms with Crippen LogP contribution in [0.25, 0.3) is 0 Å². The molecule has 0 spiro atoms. The highest BCUT2D eigenvalue weighted by Crippen LogP contribution is 2.15. The predicted octanol–water partition coefficient (Wildman–Crippen LogP) is 1.36. The SMILES string of the molecule is COCCN(CCC#N)c1ccc([N+](=O)[O-])cn1. The summed E-state index contributed by atoms with van der Waals surface area (Å²) < 4.78 is 4.98. The Kier molecular flexibility index (Phi) is 5.54. The minimum atomic E-state index is -0.494. The lowest BCUT2D eigenvalue weighted by atomic mass is 10.3. The Hall–Kier alpha value is -2.20. The molecule has 0 radical (unpaired) electrons. The lowest BCUT2D eigenvalue weighted by molar-refractivity contribution is -0.385. The number of ether oxygens (including phenoxy) is 1. The van der Waals surface area contributed by atoms with Crippen LogP contribution in [0.15, 0.2) is 18.3 Å². The van der Waals surface area contributed by atoms with Crippen LogP contribution in [0, 0.1) is 21.4 Å². The van der Waals surface area contributed by atoms with Gasteiger partial charge in [0.05, 0.1) is 24.0 Å². The monoisotopic (exact) mass is 250 g/mol. The van der Waals surface area contributed by atoms with Crippen molar-refractivity contribution in [2.45, 2.75) is 6.42 Å². The third-order valence-electron chi connectivity index (χ3n) is 2.33. The smallest absolute Gasteiger partial charge is 0.287 e. The summed E-state index contributed by atoms with van der Waals surface area (Å²) in [4.78, 5) is 15.9. The standard InChI is InChI=1S/C11H14N4O3/c1-18-8-7-14(6-2-5-12)11-4-3-10(9-13-11)15(16)17/h3-4,9H,2,6-8H2,1H3. The second kappa shape index (κ2) is 7.19. The normalized spacial score (nSPS) is 9.78. The Morgan fingerprint density at radius 3 is 2.83 bits per heavy atom. The lowest BCUT2D eigenvalue weighted by Crippen LogP contribution is -2.28. The number of anilines is 1. The van der Waals surface area contributed by atoms with E-state index in [0.29, 0.717) is 31.9 Å². The number of hydrogen-bond acceptors (Lipinski definition) is 6. The summed E-state index contributed by atoms with van der Waals surface area (Å²) in [5.74, 6) is 0.605. The Bertz CT molecular complexity index is 427. The molecule has 0 aliphatic rings. The molecule has 0 unspecified atom stereocenters. The zero-order chi connectivity index (χ0) is 13.4. The molecule has 7 heteroatoms. The second-order valence-electron chi connectivity index (χ2n) is 3.52. The molecule has 1 heterocycles. The fourth-order valence-electron chi connectivity index (χ4n) is 1.40. The van der Waals surface area contributed by atoms with Gasteiger partial charge in [-0.3, -0.25) is 10.1 Å². The molecule has 1 aromatic heterocycles. The first-order valence-electron chi connectivity index (χ1n) is 5.40. The van der Waals surface area contributed by atoms with Crippen LogP contribution in [0.4, 0.5) is 11.5 Å². The summed E-state index contributed by atoms with van der Waals surface area (Å²) >= 11 is 0. The first kappa shape index (κ1) is 13.9. The summed E-state index contributed by atoms with van der Waals surface area (Å²) in [5.41, 5.74) is -0.0503. The van der Waals surface area contributed by atoms with Crippen molar-refractivity contribution in [2.75, 3.05) is 31.7 Å². The number of nitrogens with zero attached hydrogens (tertiary/aromatic N) is 4. The summed E-state index contributed by atoms with van der Waals surface area (Å²) in [6, 6.07) is 5.03. The van der Waals surface area contributed by atoms with E-state index in [4.69, 9.17) is 10.00 Å². The number of aromatic nitrogens is 1. The van der Waals surface area contributed by atoms with Gasteiger partial charge in [-0.1, -0.05) is 0 Å². The van der Waals surface area contributed by atoms with Crippen molar-refractivity contribution in [3.05, 3.63) is 28.4 Å². The third kappa shape index (κ3) is 3.99. The van der Waals surface area contributed by atoms with Gasteiger partial charge in [-0.2, -0.15) is 5.26 Å². The van der Waals surface area contributed by atoms with Gasteiger partial charge < -0.3 is 9.64 Å². The van der Waals surface area contributed by atoms with Gasteiger partial charge in [0.2, 0.25) is 0 Å². The first-order chi connectivity index (χ1) is 8.69. The molecule has 0 aliphatic heterocycles. The van der Waals surface area contributed by atoms with E-state index in [1.165, 1.54) is 12.3 Å². The van der Waals surface area contributed by atoms with Crippen LogP contribution in [0.2, 0.25) is 0 Å². The van der Waals surface area contributed by atoms with Crippen molar-refractivity contribution < 1.29 is 9.66 Å². The number of rotatable bonds is 7. The molecule has 96 valence electrons. The van der Waals surface area contributed by atoms with E-state index >= 15 is 0 Å². The second-order valence-corrected chi connectivity index (χ2v) is 3.52. The van der Waals surface area contributed by atoms with Gasteiger partial charge >= 0.3 is 0 Å². The highest BCUT2D eigenvalue weighted by molar-refractivity contribution is 5.42. The van der Waals surface area contributed by atoms with Gasteiger partial charge in [0, 0.05) is 26.3 Å². The fourth-order valence-corrected chi connectivity index (χ4v) is 1.40. The minimum absolute atomic E-state index is 0.0503. The van der Waals surface area contributed by atoms with Crippen molar-refractivity contribution in [3.8, 4) is 6.07 Å². The maximum atomic E-state index is 10.5. The molecule has 0 saturated heterocycles. The largest absolute Gasteiger partial charge is 0.383 e. The molecule has 1 aromatic rings. The molecule has 18 heavy (non-hydrogen) atoms. The van der Waals surface area contributed by atoms with E-state index in [9.17, 15) is 10.1 Å². The molecule has 1 rings (SSSR count). The molecular weight excluding hydrogens is 236 g/mol. The molecule has 0 aromatic carbocycles. The van der Waals surface area contributed by atoms with Gasteiger partial charge in [-0.25, -0.2) is 4.98 Å². The molecular formula is C11H14N4O3. The number of nitriles is 1. The van der Waals surface area contributed by atoms with Gasteiger partial charge in [0.1, 0.15) is 12.0 Å². The molecule has 0 bridgehead atoms. The number of hydrogen-bond donors (Lipinski definition) is 0. The highest BCUT2D eigenvalue weighted by Gasteiger charge is 2.10. The molecule has 0 fully saturated rings. The van der Waals surface area contributed by atoms with Gasteiger partial charge in [0.25, 0.3) is 5.69 Å². The Morgan fingerprint density at radius 2 is 2.33 bits per heavy atom. The average Bonchev–Trinajstić information content (AvgIpc) is 2.39. The summed E-state index contributed by atoms with van der Waals surface area (Å²) in [7, 11) is 1.59. The Morgan fingerprint density at radius 1 is 1.56 bits per heavy atom. The van der Waals surface area contributed by atoms with Crippen LogP contribution < -0.4 is 4.90 Å². The number of nitro groups is 1. The number of methoxy groups -OCH3 is 1. The van der Waals surface area contributed by atoms with Gasteiger partial charge in [-0.15, -0.1) is 0 Å². The topological polar surface area (TPSA) is 92.3 Å². The van der Waals surface area contributed by atoms with E-state index in [1.54, 1.807) is 13.2 Å². The molecule has 0 aliphatic carbocycles. The van der Waals surface area contributed by atoms with Crippen molar-refractivity contribution >= 4 is 11.5 Å². The first-order valence-corrected chi connectivity index (χ1v) is 5.40. The van der Waals surface area contributed by atoms with Crippen LogP contribution in [0.1, 0.15) is 6.42 Å². The highest BCUT2D eigenvalue weighted by atomic mass is 16.6. The minimum Gasteiger partial charge on any atom is -0.383 e. The van der Waals surface area contributed by atoms with Crippen LogP contribution in [-0.4, -0.2) is 36.7 Å². The van der Waals surface area contributed by atoms with E-state index in [1.807, 2.05) is 4.90 Å². The molecule has 0 amide bonds. The zero-order valence-electron chi connectivity index (χ0n) is 10.1. The molecule has 0 saturated carbocycles. The maximum Gasteiger partial charge on any atom is 0.287 e. The van der Waals surface area contributed by atoms with Crippen LogP contribution in [-0.2, 0) is 4.74 Å². The average molecular weight is 250 g/mol. The third-order valence-corrected chi connectivity index (χ3v) is 2.33. The lowest BCUT2D eigenvalue weighted by Gasteiger charge is -2.21. The van der Waals surface area contributed by atoms with Crippen molar-refractivity contribution in [1.82, 2.24) is 4.98 Å². The van der Waals surface area contributed by atoms with E-state index in [0.717, 1.165) is 0 Å². The predicted molar refractivity (Wildman–Crippen MR) is 65.2 cm³/mol. The Labute approximate surface area is 105 Å². The van der Waals surface area contributed by atoms with Crippen LogP contribution in [0.3, 0.4) is 0 Å². The quantitative estimate of drug-likeness (QED) is 0.535. The van der Waals surface area contributed by atoms with Gasteiger partial charge in [0.15, 0.2) is 0 Å². The summed E-state index contributed by atoms with van der Waals surface area (Å²) in [5, 5.41) is 19.1. The maximum absolute atomic E-state index is 10.5. The zero-order valence-corrected chi connectivity index (χ0v) is 10.1. The molecule has 0 atom stereocenters. The van der Waals surface area contributed by atoms with E-state index < -0.39 is 4.92 Å². The van der Waals surface area contributed by atoms with Crippen molar-refractivity contribution in [1.29, 1.82) is 5.26 Å². The summed E-state index contributed by atoms with van der Waals surface area (Å²) in [6.07, 6.45) is 1.57. The van der Waals surface area contributed by atoms with Crippen LogP contribution >= 0.6 is 0 Å². The number of pyridine rings is 1. The Balaban J connectivity index is 2.77. The van der Waals surface area contributed by atoms with Crippen LogP contribution in [0.5, 0.6) is 0 Å². The van der Waals surface area contributed by atoms with Crippen molar-refractivity contribution in [3.63, 3.8) is 0 Å². The summed E-state index contributed by atoms with van der Waals surface area (Å²) in [6.45, 7) is 1.61.